The molecule has 35 heavy (non-hydrogen) atoms. The first-order valence-corrected chi connectivity index (χ1v) is 14.0. The van der Waals surface area contributed by atoms with E-state index in [1.54, 1.807) is 21.0 Å². The maximum atomic E-state index is 13.1. The van der Waals surface area contributed by atoms with Gasteiger partial charge in [-0.25, -0.2) is 0 Å². The van der Waals surface area contributed by atoms with Crippen molar-refractivity contribution in [2.45, 2.75) is 123 Å². The van der Waals surface area contributed by atoms with Gasteiger partial charge in [-0.1, -0.05) is 50.7 Å². The summed E-state index contributed by atoms with van der Waals surface area (Å²) in [5, 5.41) is 9.27. The predicted octanol–water partition coefficient (Wildman–Crippen LogP) is 7.17. The molecule has 0 aromatic heterocycles. The normalized spacial score (nSPS) is 26.4. The molecule has 0 aromatic carbocycles. The van der Waals surface area contributed by atoms with E-state index < -0.39 is 11.4 Å². The van der Waals surface area contributed by atoms with Crippen molar-refractivity contribution in [3.05, 3.63) is 12.2 Å². The first-order chi connectivity index (χ1) is 16.5. The highest BCUT2D eigenvalue weighted by Crippen LogP contribution is 2.34. The highest BCUT2D eigenvalue weighted by Gasteiger charge is 2.32. The van der Waals surface area contributed by atoms with Gasteiger partial charge in [0.1, 0.15) is 11.6 Å². The smallest absolute Gasteiger partial charge is 0.309 e. The van der Waals surface area contributed by atoms with Crippen molar-refractivity contribution in [1.29, 1.82) is 0 Å². The summed E-state index contributed by atoms with van der Waals surface area (Å²) in [7, 11) is 1.75. The number of allylic oxidation sites excluding steroid dienone is 2. The summed E-state index contributed by atoms with van der Waals surface area (Å²) < 4.78 is 5.50. The average molecular weight is 491 g/mol. The number of carboxylic acids is 1. The zero-order valence-electron chi connectivity index (χ0n) is 22.9. The molecule has 0 bridgehead atoms. The Labute approximate surface area is 213 Å². The van der Waals surface area contributed by atoms with Crippen LogP contribution in [0, 0.1) is 29.1 Å². The number of Topliss-reactive ketones (excluding diaryl/α,β-unsaturated/α-hetero) is 2. The van der Waals surface area contributed by atoms with Crippen molar-refractivity contribution in [2.24, 2.45) is 29.1 Å². The Hall–Kier alpha value is -1.49. The number of carbonyl (C=O) groups excluding carboxylic acids is 2. The van der Waals surface area contributed by atoms with Crippen LogP contribution in [0.25, 0.3) is 0 Å². The average Bonchev–Trinajstić information content (AvgIpc) is 2.81. The lowest BCUT2D eigenvalue weighted by Gasteiger charge is -2.29. The molecule has 0 aromatic rings. The van der Waals surface area contributed by atoms with Crippen LogP contribution in [-0.2, 0) is 19.1 Å². The lowest BCUT2D eigenvalue weighted by molar-refractivity contribution is -0.147. The van der Waals surface area contributed by atoms with Crippen molar-refractivity contribution >= 4 is 17.5 Å². The van der Waals surface area contributed by atoms with Crippen LogP contribution in [0.1, 0.15) is 118 Å². The largest absolute Gasteiger partial charge is 0.481 e. The SMILES string of the molecule is COC(C)(C)CCCCC1CCCC(/C=C\C2CCCC(CCCCC(C)(C)C(=O)O)C2=O)C1=O. The topological polar surface area (TPSA) is 80.7 Å². The molecule has 4 unspecified atom stereocenters. The van der Waals surface area contributed by atoms with Gasteiger partial charge in [0.05, 0.1) is 11.0 Å². The maximum absolute atomic E-state index is 13.1. The van der Waals surface area contributed by atoms with E-state index in [2.05, 4.69) is 19.9 Å². The summed E-state index contributed by atoms with van der Waals surface area (Å²) in [4.78, 5) is 37.5. The van der Waals surface area contributed by atoms with E-state index in [4.69, 9.17) is 4.74 Å². The van der Waals surface area contributed by atoms with E-state index >= 15 is 0 Å². The third-order valence-corrected chi connectivity index (χ3v) is 8.56. The van der Waals surface area contributed by atoms with Crippen LogP contribution in [0.2, 0.25) is 0 Å². The summed E-state index contributed by atoms with van der Waals surface area (Å²) in [5.74, 6) is 0.0894. The van der Waals surface area contributed by atoms with E-state index in [1.165, 1.54) is 0 Å². The molecule has 0 saturated heterocycles. The Bertz CT molecular complexity index is 735. The Morgan fingerprint density at radius 2 is 1.29 bits per heavy atom. The molecule has 0 aliphatic heterocycles. The third kappa shape index (κ3) is 9.48. The molecule has 200 valence electrons. The van der Waals surface area contributed by atoms with E-state index in [-0.39, 0.29) is 29.3 Å². The third-order valence-electron chi connectivity index (χ3n) is 8.56. The van der Waals surface area contributed by atoms with Gasteiger partial charge >= 0.3 is 5.97 Å². The van der Waals surface area contributed by atoms with Gasteiger partial charge < -0.3 is 9.84 Å². The van der Waals surface area contributed by atoms with Crippen molar-refractivity contribution < 1.29 is 24.2 Å². The second-order valence-corrected chi connectivity index (χ2v) is 12.3. The lowest BCUT2D eigenvalue weighted by atomic mass is 9.75. The molecule has 2 saturated carbocycles. The van der Waals surface area contributed by atoms with Crippen LogP contribution in [0.5, 0.6) is 0 Å². The zero-order valence-corrected chi connectivity index (χ0v) is 22.9. The molecule has 0 amide bonds. The van der Waals surface area contributed by atoms with Crippen molar-refractivity contribution in [3.8, 4) is 0 Å². The van der Waals surface area contributed by atoms with E-state index in [0.29, 0.717) is 18.0 Å². The lowest BCUT2D eigenvalue weighted by Crippen LogP contribution is -2.29. The molecule has 2 rings (SSSR count). The Kier molecular flexibility index (Phi) is 11.7. The minimum atomic E-state index is -0.758. The second kappa shape index (κ2) is 13.7. The number of ketones is 2. The number of carboxylic acid groups (broad SMARTS) is 1. The van der Waals surface area contributed by atoms with Gasteiger partial charge in [0.15, 0.2) is 0 Å². The summed E-state index contributed by atoms with van der Waals surface area (Å²) in [6.07, 6.45) is 17.3. The van der Waals surface area contributed by atoms with Gasteiger partial charge in [-0.05, 0) is 79.1 Å². The van der Waals surface area contributed by atoms with Gasteiger partial charge in [-0.3, -0.25) is 14.4 Å². The number of methoxy groups -OCH3 is 1. The molecule has 2 aliphatic carbocycles. The molecule has 0 heterocycles. The van der Waals surface area contributed by atoms with Gasteiger partial charge in [-0.2, -0.15) is 0 Å². The number of hydrogen-bond acceptors (Lipinski definition) is 4. The standard InChI is InChI=1S/C30H50O5/c1-29(2,28(33)34)20-8-6-12-22-14-10-16-24(26(22)31)18-19-25-17-11-15-23(27(25)32)13-7-9-21-30(3,4)35-5/h18-19,22-25H,6-17,20-21H2,1-5H3,(H,33,34)/b19-18-. The second-order valence-electron chi connectivity index (χ2n) is 12.3. The van der Waals surface area contributed by atoms with Gasteiger partial charge in [-0.15, -0.1) is 0 Å². The number of aliphatic carboxylic acids is 1. The first-order valence-electron chi connectivity index (χ1n) is 14.0. The van der Waals surface area contributed by atoms with Crippen LogP contribution < -0.4 is 0 Å². The number of unbranched alkanes of at least 4 members (excludes halogenated alkanes) is 2. The number of rotatable bonds is 14. The first kappa shape index (κ1) is 29.7. The summed E-state index contributed by atoms with van der Waals surface area (Å²) >= 11 is 0. The molecule has 0 spiro atoms. The predicted molar refractivity (Wildman–Crippen MR) is 140 cm³/mol. The summed E-state index contributed by atoms with van der Waals surface area (Å²) in [6, 6.07) is 0. The van der Waals surface area contributed by atoms with Crippen molar-refractivity contribution in [1.82, 2.24) is 0 Å². The Balaban J connectivity index is 1.80. The highest BCUT2D eigenvalue weighted by molar-refractivity contribution is 5.87. The Morgan fingerprint density at radius 3 is 1.71 bits per heavy atom. The fourth-order valence-corrected chi connectivity index (χ4v) is 5.67. The molecule has 5 heteroatoms. The van der Waals surface area contributed by atoms with Crippen molar-refractivity contribution in [2.75, 3.05) is 7.11 Å². The molecule has 1 N–H and O–H groups in total. The fourth-order valence-electron chi connectivity index (χ4n) is 5.67. The molecule has 4 atom stereocenters. The molecular weight excluding hydrogens is 440 g/mol. The molecule has 2 aliphatic rings. The van der Waals surface area contributed by atoms with Crippen LogP contribution in [0.15, 0.2) is 12.2 Å². The number of carbonyl (C=O) groups is 3. The molecule has 0 radical (unpaired) electrons. The summed E-state index contributed by atoms with van der Waals surface area (Å²) in [6.45, 7) is 7.75. The zero-order chi connectivity index (χ0) is 26.1. The molecule has 5 nitrogen and oxygen atoms in total. The van der Waals surface area contributed by atoms with Crippen LogP contribution in [-0.4, -0.2) is 35.4 Å². The van der Waals surface area contributed by atoms with E-state index in [9.17, 15) is 19.5 Å². The van der Waals surface area contributed by atoms with Gasteiger partial charge in [0.25, 0.3) is 0 Å². The Morgan fingerprint density at radius 1 is 0.829 bits per heavy atom. The minimum absolute atomic E-state index is 0.0319. The van der Waals surface area contributed by atoms with Crippen LogP contribution >= 0.6 is 0 Å². The fraction of sp³-hybridized carbons (Fsp3) is 0.833. The van der Waals surface area contributed by atoms with E-state index in [1.807, 2.05) is 6.08 Å². The number of ether oxygens (including phenoxy) is 1. The van der Waals surface area contributed by atoms with Crippen molar-refractivity contribution in [3.63, 3.8) is 0 Å². The summed E-state index contributed by atoms with van der Waals surface area (Å²) in [5.41, 5.74) is -0.798. The molecule has 2 fully saturated rings. The van der Waals surface area contributed by atoms with Gasteiger partial charge in [0.2, 0.25) is 0 Å². The monoisotopic (exact) mass is 490 g/mol. The van der Waals surface area contributed by atoms with Crippen LogP contribution in [0.3, 0.4) is 0 Å². The van der Waals surface area contributed by atoms with Crippen LogP contribution in [0.4, 0.5) is 0 Å². The molecular formula is C30H50O5. The minimum Gasteiger partial charge on any atom is -0.481 e. The maximum Gasteiger partial charge on any atom is 0.309 e. The number of hydrogen-bond donors (Lipinski definition) is 1. The quantitative estimate of drug-likeness (QED) is 0.206. The highest BCUT2D eigenvalue weighted by atomic mass is 16.5. The van der Waals surface area contributed by atoms with E-state index in [0.717, 1.165) is 83.5 Å². The van der Waals surface area contributed by atoms with Gasteiger partial charge in [0, 0.05) is 30.8 Å².